The average molecular weight is 277 g/mol. The number of amides is 2. The van der Waals surface area contributed by atoms with Gasteiger partial charge in [0.05, 0.1) is 11.5 Å². The second kappa shape index (κ2) is 5.79. The van der Waals surface area contributed by atoms with Crippen LogP contribution in [0.15, 0.2) is 18.2 Å². The number of nitrogens with two attached hydrogens (primary N) is 1. The van der Waals surface area contributed by atoms with Crippen LogP contribution in [0, 0.1) is 0 Å². The number of benzene rings is 1. The summed E-state index contributed by atoms with van der Waals surface area (Å²) in [5.41, 5.74) is 8.43. The lowest BCUT2D eigenvalue weighted by Gasteiger charge is -2.07. The third-order valence-corrected chi connectivity index (χ3v) is 3.13. The van der Waals surface area contributed by atoms with Gasteiger partial charge in [-0.15, -0.1) is 0 Å². The molecule has 4 N–H and O–H groups in total. The Morgan fingerprint density at radius 2 is 1.95 bits per heavy atom. The van der Waals surface area contributed by atoms with Crippen molar-refractivity contribution in [2.45, 2.75) is 19.3 Å². The zero-order valence-electron chi connectivity index (χ0n) is 10.4. The molecule has 0 spiro atoms. The number of nitrogens with one attached hydrogen (secondary N) is 2. The summed E-state index contributed by atoms with van der Waals surface area (Å²) in [4.78, 5) is 23.2. The first-order valence-electron chi connectivity index (χ1n) is 6.05. The van der Waals surface area contributed by atoms with Gasteiger partial charge < -0.3 is 16.4 Å². The molecule has 0 atom stereocenters. The Balaban J connectivity index is 1.95. The van der Waals surface area contributed by atoms with Crippen molar-refractivity contribution in [1.82, 2.24) is 5.32 Å². The normalized spacial score (nSPS) is 12.6. The van der Waals surface area contributed by atoms with E-state index in [0.29, 0.717) is 5.69 Å². The van der Waals surface area contributed by atoms with E-state index in [9.17, 15) is 9.59 Å². The highest BCUT2D eigenvalue weighted by Crippen LogP contribution is 2.24. The molecule has 0 saturated heterocycles. The molecule has 0 aromatic heterocycles. The van der Waals surface area contributed by atoms with Gasteiger partial charge in [0.1, 0.15) is 0 Å². The Labute approximate surface area is 116 Å². The van der Waals surface area contributed by atoms with Crippen molar-refractivity contribution in [3.05, 3.63) is 29.3 Å². The van der Waals surface area contributed by atoms with Crippen molar-refractivity contribution >= 4 is 34.7 Å². The lowest BCUT2D eigenvalue weighted by atomic mass is 10.1. The van der Waals surface area contributed by atoms with Crippen LogP contribution in [0.25, 0.3) is 0 Å². The molecule has 0 radical (unpaired) electrons. The second-order valence-corrected chi connectivity index (χ2v) is 4.96. The van der Waals surface area contributed by atoms with Gasteiger partial charge in [0.2, 0.25) is 0 Å². The van der Waals surface area contributed by atoms with E-state index in [-0.39, 0.29) is 11.5 Å². The van der Waals surface area contributed by atoms with Crippen LogP contribution in [-0.4, -0.2) is 23.3 Å². The Morgan fingerprint density at radius 3 is 2.68 bits per heavy atom. The second-order valence-electron chi connectivity index (χ2n) is 4.44. The van der Waals surface area contributed by atoms with E-state index in [4.69, 9.17) is 5.73 Å². The Kier molecular flexibility index (Phi) is 4.11. The number of carbonyl (C=O) groups is 2. The number of hydrogen-bond donors (Lipinski definition) is 3. The van der Waals surface area contributed by atoms with E-state index >= 15 is 0 Å². The summed E-state index contributed by atoms with van der Waals surface area (Å²) in [6, 6.07) is 5.72. The molecule has 100 valence electrons. The molecule has 1 aliphatic rings. The van der Waals surface area contributed by atoms with E-state index in [1.165, 1.54) is 11.1 Å². The number of thiocarbonyl (C=S) groups is 1. The van der Waals surface area contributed by atoms with Crippen molar-refractivity contribution in [3.63, 3.8) is 0 Å². The van der Waals surface area contributed by atoms with E-state index in [1.54, 1.807) is 0 Å². The highest BCUT2D eigenvalue weighted by atomic mass is 32.1. The molecular formula is C13H15N3O2S. The summed E-state index contributed by atoms with van der Waals surface area (Å²) in [6.45, 7) is 0.0196. The fourth-order valence-electron chi connectivity index (χ4n) is 2.09. The largest absolute Gasteiger partial charge is 0.392 e. The van der Waals surface area contributed by atoms with Gasteiger partial charge in [-0.1, -0.05) is 18.3 Å². The topological polar surface area (TPSA) is 84.2 Å². The van der Waals surface area contributed by atoms with Gasteiger partial charge in [-0.05, 0) is 42.5 Å². The molecule has 0 saturated carbocycles. The molecular weight excluding hydrogens is 262 g/mol. The van der Waals surface area contributed by atoms with Gasteiger partial charge in [0, 0.05) is 5.69 Å². The standard InChI is InChI=1S/C13H15N3O2S/c14-11(19)7-15-12(17)13(18)16-10-5-4-8-2-1-3-9(8)6-10/h4-6H,1-3,7H2,(H2,14,19)(H,15,17)(H,16,18). The molecule has 0 heterocycles. The minimum absolute atomic E-state index is 0.0196. The van der Waals surface area contributed by atoms with Gasteiger partial charge in [-0.2, -0.15) is 0 Å². The maximum atomic E-state index is 11.6. The van der Waals surface area contributed by atoms with Crippen molar-refractivity contribution in [2.75, 3.05) is 11.9 Å². The molecule has 1 aromatic carbocycles. The predicted molar refractivity (Wildman–Crippen MR) is 76.9 cm³/mol. The summed E-state index contributed by atoms with van der Waals surface area (Å²) in [5, 5.41) is 4.90. The molecule has 0 fully saturated rings. The number of rotatable bonds is 3. The maximum Gasteiger partial charge on any atom is 0.313 e. The van der Waals surface area contributed by atoms with Gasteiger partial charge in [0.25, 0.3) is 0 Å². The highest BCUT2D eigenvalue weighted by Gasteiger charge is 2.15. The number of hydrogen-bond acceptors (Lipinski definition) is 3. The third kappa shape index (κ3) is 3.51. The zero-order valence-corrected chi connectivity index (χ0v) is 11.2. The first-order valence-corrected chi connectivity index (χ1v) is 6.46. The van der Waals surface area contributed by atoms with Crippen LogP contribution in [-0.2, 0) is 22.4 Å². The van der Waals surface area contributed by atoms with E-state index in [2.05, 4.69) is 22.9 Å². The molecule has 1 aromatic rings. The molecule has 0 bridgehead atoms. The van der Waals surface area contributed by atoms with Gasteiger partial charge in [-0.25, -0.2) is 0 Å². The fraction of sp³-hybridized carbons (Fsp3) is 0.308. The summed E-state index contributed by atoms with van der Waals surface area (Å²) in [6.07, 6.45) is 3.24. The van der Waals surface area contributed by atoms with E-state index < -0.39 is 11.8 Å². The number of fused-ring (bicyclic) bond motifs is 1. The van der Waals surface area contributed by atoms with Gasteiger partial charge in [-0.3, -0.25) is 9.59 Å². The van der Waals surface area contributed by atoms with Crippen LogP contribution in [0.1, 0.15) is 17.5 Å². The summed E-state index contributed by atoms with van der Waals surface area (Å²) < 4.78 is 0. The molecule has 1 aliphatic carbocycles. The Morgan fingerprint density at radius 1 is 1.21 bits per heavy atom. The zero-order chi connectivity index (χ0) is 13.8. The van der Waals surface area contributed by atoms with Crippen molar-refractivity contribution in [2.24, 2.45) is 5.73 Å². The maximum absolute atomic E-state index is 11.6. The van der Waals surface area contributed by atoms with Crippen LogP contribution in [0.2, 0.25) is 0 Å². The van der Waals surface area contributed by atoms with Crippen LogP contribution >= 0.6 is 12.2 Å². The van der Waals surface area contributed by atoms with Crippen molar-refractivity contribution < 1.29 is 9.59 Å². The van der Waals surface area contributed by atoms with Crippen molar-refractivity contribution in [1.29, 1.82) is 0 Å². The number of carbonyl (C=O) groups excluding carboxylic acids is 2. The van der Waals surface area contributed by atoms with Gasteiger partial charge in [0.15, 0.2) is 0 Å². The molecule has 0 aliphatic heterocycles. The summed E-state index contributed by atoms with van der Waals surface area (Å²) >= 11 is 4.62. The number of aryl methyl sites for hydroxylation is 2. The lowest BCUT2D eigenvalue weighted by Crippen LogP contribution is -2.39. The molecule has 0 unspecified atom stereocenters. The van der Waals surface area contributed by atoms with Crippen LogP contribution in [0.4, 0.5) is 5.69 Å². The average Bonchev–Trinajstić information content (AvgIpc) is 2.83. The quantitative estimate of drug-likeness (QED) is 0.555. The Hall–Kier alpha value is -1.95. The minimum Gasteiger partial charge on any atom is -0.392 e. The van der Waals surface area contributed by atoms with Crippen LogP contribution in [0.5, 0.6) is 0 Å². The van der Waals surface area contributed by atoms with Crippen LogP contribution in [0.3, 0.4) is 0 Å². The molecule has 19 heavy (non-hydrogen) atoms. The third-order valence-electron chi connectivity index (χ3n) is 2.99. The first kappa shape index (κ1) is 13.5. The summed E-state index contributed by atoms with van der Waals surface area (Å²) in [7, 11) is 0. The highest BCUT2D eigenvalue weighted by molar-refractivity contribution is 7.80. The molecule has 6 heteroatoms. The fourth-order valence-corrected chi connectivity index (χ4v) is 2.16. The van der Waals surface area contributed by atoms with Gasteiger partial charge >= 0.3 is 11.8 Å². The van der Waals surface area contributed by atoms with E-state index in [1.807, 2.05) is 18.2 Å². The molecule has 2 rings (SSSR count). The SMILES string of the molecule is NC(=S)CNC(=O)C(=O)Nc1ccc2c(c1)CCC2. The first-order chi connectivity index (χ1) is 9.06. The predicted octanol–water partition coefficient (Wildman–Crippen LogP) is 0.516. The lowest BCUT2D eigenvalue weighted by molar-refractivity contribution is -0.135. The molecule has 5 nitrogen and oxygen atoms in total. The smallest absolute Gasteiger partial charge is 0.313 e. The summed E-state index contributed by atoms with van der Waals surface area (Å²) in [5.74, 6) is -1.46. The van der Waals surface area contributed by atoms with Crippen LogP contribution < -0.4 is 16.4 Å². The monoisotopic (exact) mass is 277 g/mol. The van der Waals surface area contributed by atoms with E-state index in [0.717, 1.165) is 19.3 Å². The number of anilines is 1. The Bertz CT molecular complexity index is 543. The molecule has 2 amide bonds. The minimum atomic E-state index is -0.742. The van der Waals surface area contributed by atoms with Crippen molar-refractivity contribution in [3.8, 4) is 0 Å².